The molecule has 2 saturated heterocycles. The second kappa shape index (κ2) is 7.05. The Kier molecular flexibility index (Phi) is 4.87. The van der Waals surface area contributed by atoms with Crippen LogP contribution >= 0.6 is 0 Å². The van der Waals surface area contributed by atoms with E-state index in [1.165, 1.54) is 11.1 Å². The van der Waals surface area contributed by atoms with E-state index in [1.807, 2.05) is 0 Å². The third-order valence-corrected chi connectivity index (χ3v) is 4.48. The van der Waals surface area contributed by atoms with E-state index in [4.69, 9.17) is 4.74 Å². The first kappa shape index (κ1) is 15.9. The average molecular weight is 324 g/mol. The number of carboxylic acids is 1. The van der Waals surface area contributed by atoms with Crippen molar-refractivity contribution in [2.75, 3.05) is 39.4 Å². The fourth-order valence-electron chi connectivity index (χ4n) is 3.18. The molecule has 9 heteroatoms. The van der Waals surface area contributed by atoms with Crippen molar-refractivity contribution >= 4 is 11.9 Å². The molecule has 126 valence electrons. The summed E-state index contributed by atoms with van der Waals surface area (Å²) in [5, 5.41) is 16.4. The zero-order chi connectivity index (χ0) is 16.2. The molecule has 1 aromatic heterocycles. The van der Waals surface area contributed by atoms with E-state index in [0.29, 0.717) is 38.9 Å². The number of aliphatic carboxylic acids is 1. The van der Waals surface area contributed by atoms with Crippen molar-refractivity contribution in [3.63, 3.8) is 0 Å². The molecule has 0 aromatic carbocycles. The molecule has 0 aliphatic carbocycles. The quantitative estimate of drug-likeness (QED) is 0.807. The van der Waals surface area contributed by atoms with Crippen molar-refractivity contribution in [1.29, 1.82) is 0 Å². The highest BCUT2D eigenvalue weighted by Crippen LogP contribution is 2.20. The largest absolute Gasteiger partial charge is 0.481 e. The number of carboxylic acid groups (broad SMARTS) is 1. The summed E-state index contributed by atoms with van der Waals surface area (Å²) in [6.07, 6.45) is 3.04. The lowest BCUT2D eigenvalue weighted by Crippen LogP contribution is -2.43. The number of carbonyl (C=O) groups is 2. The third kappa shape index (κ3) is 3.67. The first-order chi connectivity index (χ1) is 11.1. The maximum atomic E-state index is 12.4. The smallest absolute Gasteiger partial charge is 0.309 e. The SMILES string of the molecule is O=C(O)[C@H]1CN(C(=O)c2cnon2)CCN(C2CCOCC2)C1. The first-order valence-electron chi connectivity index (χ1n) is 7.76. The zero-order valence-corrected chi connectivity index (χ0v) is 12.8. The van der Waals surface area contributed by atoms with Crippen LogP contribution in [-0.4, -0.2) is 82.5 Å². The van der Waals surface area contributed by atoms with E-state index < -0.39 is 11.9 Å². The second-order valence-electron chi connectivity index (χ2n) is 5.92. The Balaban J connectivity index is 1.72. The predicted molar refractivity (Wildman–Crippen MR) is 76.7 cm³/mol. The van der Waals surface area contributed by atoms with E-state index in [2.05, 4.69) is 19.8 Å². The highest BCUT2D eigenvalue weighted by atomic mass is 16.6. The molecule has 3 heterocycles. The fourth-order valence-corrected chi connectivity index (χ4v) is 3.18. The Morgan fingerprint density at radius 3 is 2.65 bits per heavy atom. The van der Waals surface area contributed by atoms with Crippen LogP contribution in [0.1, 0.15) is 23.3 Å². The van der Waals surface area contributed by atoms with Gasteiger partial charge in [-0.25, -0.2) is 4.63 Å². The van der Waals surface area contributed by atoms with Crippen molar-refractivity contribution in [3.05, 3.63) is 11.9 Å². The number of aromatic nitrogens is 2. The molecule has 3 rings (SSSR count). The van der Waals surface area contributed by atoms with Crippen LogP contribution in [0.4, 0.5) is 0 Å². The first-order valence-corrected chi connectivity index (χ1v) is 7.76. The Morgan fingerprint density at radius 2 is 2.00 bits per heavy atom. The molecule has 2 aliphatic heterocycles. The molecule has 2 fully saturated rings. The van der Waals surface area contributed by atoms with Gasteiger partial charge < -0.3 is 14.7 Å². The third-order valence-electron chi connectivity index (χ3n) is 4.48. The molecule has 0 spiro atoms. The zero-order valence-electron chi connectivity index (χ0n) is 12.8. The number of ether oxygens (including phenoxy) is 1. The van der Waals surface area contributed by atoms with Crippen LogP contribution in [0.5, 0.6) is 0 Å². The van der Waals surface area contributed by atoms with Gasteiger partial charge in [-0.05, 0) is 18.0 Å². The molecule has 2 aliphatic rings. The molecule has 1 atom stereocenters. The molecule has 0 unspecified atom stereocenters. The lowest BCUT2D eigenvalue weighted by Gasteiger charge is -2.34. The molecule has 1 aromatic rings. The summed E-state index contributed by atoms with van der Waals surface area (Å²) in [5.41, 5.74) is 0.105. The predicted octanol–water partition coefficient (Wildman–Crippen LogP) is -0.293. The number of nitrogens with zero attached hydrogens (tertiary/aromatic N) is 4. The topological polar surface area (TPSA) is 109 Å². The van der Waals surface area contributed by atoms with Gasteiger partial charge in [0.15, 0.2) is 5.69 Å². The van der Waals surface area contributed by atoms with Gasteiger partial charge in [-0.3, -0.25) is 14.5 Å². The number of rotatable bonds is 3. The van der Waals surface area contributed by atoms with Gasteiger partial charge >= 0.3 is 5.97 Å². The summed E-state index contributed by atoms with van der Waals surface area (Å²) < 4.78 is 9.83. The maximum Gasteiger partial charge on any atom is 0.309 e. The summed E-state index contributed by atoms with van der Waals surface area (Å²) in [4.78, 5) is 27.7. The van der Waals surface area contributed by atoms with Crippen molar-refractivity contribution in [1.82, 2.24) is 20.1 Å². The molecule has 0 radical (unpaired) electrons. The molecule has 23 heavy (non-hydrogen) atoms. The highest BCUT2D eigenvalue weighted by Gasteiger charge is 2.34. The minimum Gasteiger partial charge on any atom is -0.481 e. The Labute approximate surface area is 133 Å². The summed E-state index contributed by atoms with van der Waals surface area (Å²) in [5.74, 6) is -1.85. The number of amides is 1. The van der Waals surface area contributed by atoms with Gasteiger partial charge in [0.1, 0.15) is 6.20 Å². The molecule has 9 nitrogen and oxygen atoms in total. The van der Waals surface area contributed by atoms with Crippen LogP contribution in [0.2, 0.25) is 0 Å². The lowest BCUT2D eigenvalue weighted by molar-refractivity contribution is -0.142. The van der Waals surface area contributed by atoms with E-state index in [0.717, 1.165) is 12.8 Å². The molecule has 1 amide bonds. The minimum atomic E-state index is -0.889. The lowest BCUT2D eigenvalue weighted by atomic mass is 10.0. The molecule has 0 bridgehead atoms. The van der Waals surface area contributed by atoms with Crippen molar-refractivity contribution < 1.29 is 24.1 Å². The van der Waals surface area contributed by atoms with Gasteiger partial charge in [-0.2, -0.15) is 0 Å². The molecular formula is C14H20N4O5. The van der Waals surface area contributed by atoms with Crippen LogP contribution < -0.4 is 0 Å². The normalized spacial score (nSPS) is 24.3. The van der Waals surface area contributed by atoms with Crippen LogP contribution in [0.15, 0.2) is 10.8 Å². The van der Waals surface area contributed by atoms with Crippen molar-refractivity contribution in [2.24, 2.45) is 5.92 Å². The summed E-state index contributed by atoms with van der Waals surface area (Å²) in [7, 11) is 0. The minimum absolute atomic E-state index is 0.105. The van der Waals surface area contributed by atoms with Gasteiger partial charge in [-0.15, -0.1) is 0 Å². The Morgan fingerprint density at radius 1 is 1.22 bits per heavy atom. The second-order valence-corrected chi connectivity index (χ2v) is 5.92. The van der Waals surface area contributed by atoms with Crippen LogP contribution in [0.25, 0.3) is 0 Å². The monoisotopic (exact) mass is 324 g/mol. The van der Waals surface area contributed by atoms with Gasteiger partial charge in [0.2, 0.25) is 0 Å². The Bertz CT molecular complexity index is 543. The van der Waals surface area contributed by atoms with Crippen molar-refractivity contribution in [2.45, 2.75) is 18.9 Å². The van der Waals surface area contributed by atoms with Gasteiger partial charge in [0.25, 0.3) is 5.91 Å². The molecular weight excluding hydrogens is 304 g/mol. The Hall–Kier alpha value is -2.00. The number of carbonyl (C=O) groups excluding carboxylic acids is 1. The van der Waals surface area contributed by atoms with Crippen LogP contribution in [-0.2, 0) is 9.53 Å². The molecule has 1 N–H and O–H groups in total. The van der Waals surface area contributed by atoms with Crippen LogP contribution in [0.3, 0.4) is 0 Å². The van der Waals surface area contributed by atoms with Gasteiger partial charge in [0.05, 0.1) is 5.92 Å². The van der Waals surface area contributed by atoms with Crippen LogP contribution in [0, 0.1) is 5.92 Å². The van der Waals surface area contributed by atoms with Gasteiger partial charge in [-0.1, -0.05) is 5.16 Å². The van der Waals surface area contributed by atoms with E-state index >= 15 is 0 Å². The van der Waals surface area contributed by atoms with E-state index in [9.17, 15) is 14.7 Å². The summed E-state index contributed by atoms with van der Waals surface area (Å²) >= 11 is 0. The van der Waals surface area contributed by atoms with E-state index in [-0.39, 0.29) is 18.1 Å². The maximum absolute atomic E-state index is 12.4. The molecule has 0 saturated carbocycles. The summed E-state index contributed by atoms with van der Waals surface area (Å²) in [6, 6.07) is 0.314. The fraction of sp³-hybridized carbons (Fsp3) is 0.714. The standard InChI is InChI=1S/C14H20N4O5/c19-13(12-7-15-23-16-12)18-4-3-17(8-10(9-18)14(20)21)11-1-5-22-6-2-11/h7,10-11H,1-6,8-9H2,(H,20,21)/t10-/m1/s1. The summed E-state index contributed by atoms with van der Waals surface area (Å²) in [6.45, 7) is 3.12. The number of hydrogen-bond acceptors (Lipinski definition) is 7. The number of hydrogen-bond donors (Lipinski definition) is 1. The van der Waals surface area contributed by atoms with E-state index in [1.54, 1.807) is 0 Å². The highest BCUT2D eigenvalue weighted by molar-refractivity contribution is 5.92. The van der Waals surface area contributed by atoms with Crippen molar-refractivity contribution in [3.8, 4) is 0 Å². The van der Waals surface area contributed by atoms with Gasteiger partial charge in [0, 0.05) is 45.4 Å². The average Bonchev–Trinajstić information content (AvgIpc) is 3.00.